The molecule has 1 aromatic carbocycles. The van der Waals surface area contributed by atoms with Crippen molar-refractivity contribution in [1.29, 1.82) is 0 Å². The van der Waals surface area contributed by atoms with Crippen molar-refractivity contribution in [3.63, 3.8) is 0 Å². The van der Waals surface area contributed by atoms with Crippen molar-refractivity contribution in [2.24, 2.45) is 4.99 Å². The summed E-state index contributed by atoms with van der Waals surface area (Å²) in [7, 11) is 4.04. The van der Waals surface area contributed by atoms with Crippen LogP contribution in [-0.2, 0) is 17.8 Å². The highest BCUT2D eigenvalue weighted by atomic mass is 16.5. The fraction of sp³-hybridized carbons (Fsp3) is 0.667. The van der Waals surface area contributed by atoms with Gasteiger partial charge in [0.05, 0.1) is 18.2 Å². The third-order valence-corrected chi connectivity index (χ3v) is 6.14. The van der Waals surface area contributed by atoms with Gasteiger partial charge in [0.25, 0.3) is 0 Å². The van der Waals surface area contributed by atoms with Crippen LogP contribution in [0.1, 0.15) is 30.4 Å². The molecule has 3 aliphatic rings. The summed E-state index contributed by atoms with van der Waals surface area (Å²) in [6.07, 6.45) is 4.32. The van der Waals surface area contributed by atoms with E-state index in [0.29, 0.717) is 18.2 Å². The molecule has 148 valence electrons. The van der Waals surface area contributed by atoms with Gasteiger partial charge in [0.2, 0.25) is 0 Å². The van der Waals surface area contributed by atoms with E-state index in [0.717, 1.165) is 38.6 Å². The van der Waals surface area contributed by atoms with Gasteiger partial charge in [-0.15, -0.1) is 0 Å². The van der Waals surface area contributed by atoms with Gasteiger partial charge in [-0.1, -0.05) is 24.3 Å². The molecule has 3 aliphatic heterocycles. The fourth-order valence-electron chi connectivity index (χ4n) is 4.37. The van der Waals surface area contributed by atoms with Crippen molar-refractivity contribution in [3.8, 4) is 0 Å². The van der Waals surface area contributed by atoms with Crippen LogP contribution in [0.3, 0.4) is 0 Å². The third-order valence-electron chi connectivity index (χ3n) is 6.14. The van der Waals surface area contributed by atoms with E-state index >= 15 is 0 Å². The number of piperazine rings is 1. The van der Waals surface area contributed by atoms with E-state index in [1.807, 2.05) is 7.05 Å². The molecular weight excluding hydrogens is 338 g/mol. The molecule has 0 aromatic heterocycles. The number of likely N-dealkylation sites (N-methyl/N-ethyl adjacent to an activating group) is 1. The highest BCUT2D eigenvalue weighted by Gasteiger charge is 2.41. The van der Waals surface area contributed by atoms with E-state index < -0.39 is 0 Å². The first-order valence-electron chi connectivity index (χ1n) is 10.3. The van der Waals surface area contributed by atoms with Crippen LogP contribution in [0, 0.1) is 0 Å². The number of benzene rings is 1. The number of rotatable bonds is 5. The van der Waals surface area contributed by atoms with Gasteiger partial charge >= 0.3 is 0 Å². The number of hydrogen-bond donors (Lipinski definition) is 2. The summed E-state index contributed by atoms with van der Waals surface area (Å²) in [5, 5.41) is 6.98. The minimum Gasteiger partial charge on any atom is -0.373 e. The summed E-state index contributed by atoms with van der Waals surface area (Å²) >= 11 is 0. The van der Waals surface area contributed by atoms with Gasteiger partial charge in [-0.05, 0) is 37.4 Å². The van der Waals surface area contributed by atoms with Gasteiger partial charge in [-0.25, -0.2) is 0 Å². The maximum Gasteiger partial charge on any atom is 0.191 e. The van der Waals surface area contributed by atoms with Crippen molar-refractivity contribution in [3.05, 3.63) is 35.4 Å². The summed E-state index contributed by atoms with van der Waals surface area (Å²) in [4.78, 5) is 9.32. The maximum atomic E-state index is 5.92. The highest BCUT2D eigenvalue weighted by molar-refractivity contribution is 5.80. The van der Waals surface area contributed by atoms with Crippen LogP contribution in [0.4, 0.5) is 0 Å². The lowest BCUT2D eigenvalue weighted by Crippen LogP contribution is -2.47. The van der Waals surface area contributed by atoms with Crippen LogP contribution >= 0.6 is 0 Å². The molecule has 6 heteroatoms. The number of aliphatic imine (C=N–C) groups is 1. The Bertz CT molecular complexity index is 638. The molecule has 3 unspecified atom stereocenters. The first-order valence-corrected chi connectivity index (χ1v) is 10.3. The number of guanidine groups is 1. The Morgan fingerprint density at radius 2 is 1.85 bits per heavy atom. The molecule has 1 aromatic rings. The fourth-order valence-corrected chi connectivity index (χ4v) is 4.37. The quantitative estimate of drug-likeness (QED) is 0.606. The molecular formula is C21H33N5O. The molecule has 3 fully saturated rings. The Labute approximate surface area is 163 Å². The predicted molar refractivity (Wildman–Crippen MR) is 109 cm³/mol. The number of ether oxygens (including phenoxy) is 1. The van der Waals surface area contributed by atoms with Crippen molar-refractivity contribution in [1.82, 2.24) is 20.4 Å². The van der Waals surface area contributed by atoms with Gasteiger partial charge in [0.15, 0.2) is 5.96 Å². The molecule has 3 saturated heterocycles. The summed E-state index contributed by atoms with van der Waals surface area (Å²) < 4.78 is 5.92. The zero-order valence-corrected chi connectivity index (χ0v) is 16.7. The zero-order chi connectivity index (χ0) is 18.6. The lowest BCUT2D eigenvalue weighted by molar-refractivity contribution is 0.0992. The molecule has 6 nitrogen and oxygen atoms in total. The van der Waals surface area contributed by atoms with Crippen molar-refractivity contribution >= 4 is 5.96 Å². The summed E-state index contributed by atoms with van der Waals surface area (Å²) in [5.41, 5.74) is 2.68. The van der Waals surface area contributed by atoms with Crippen LogP contribution in [0.15, 0.2) is 29.3 Å². The molecule has 0 aliphatic carbocycles. The molecule has 0 amide bonds. The molecule has 4 rings (SSSR count). The second kappa shape index (κ2) is 8.59. The molecule has 0 radical (unpaired) electrons. The van der Waals surface area contributed by atoms with Gasteiger partial charge in [-0.3, -0.25) is 9.89 Å². The number of fused-ring (bicyclic) bond motifs is 2. The minimum absolute atomic E-state index is 0.363. The topological polar surface area (TPSA) is 52.1 Å². The van der Waals surface area contributed by atoms with E-state index in [1.54, 1.807) is 0 Å². The Balaban J connectivity index is 1.23. The second-order valence-electron chi connectivity index (χ2n) is 8.18. The van der Waals surface area contributed by atoms with Crippen LogP contribution < -0.4 is 10.6 Å². The smallest absolute Gasteiger partial charge is 0.191 e. The molecule has 2 bridgehead atoms. The average molecular weight is 372 g/mol. The van der Waals surface area contributed by atoms with Crippen molar-refractivity contribution in [2.75, 3.05) is 40.3 Å². The van der Waals surface area contributed by atoms with Crippen LogP contribution in [0.2, 0.25) is 0 Å². The van der Waals surface area contributed by atoms with Crippen LogP contribution in [-0.4, -0.2) is 74.3 Å². The Morgan fingerprint density at radius 1 is 1.11 bits per heavy atom. The maximum absolute atomic E-state index is 5.92. The molecule has 2 N–H and O–H groups in total. The predicted octanol–water partition coefficient (Wildman–Crippen LogP) is 1.42. The van der Waals surface area contributed by atoms with Gasteiger partial charge in [0.1, 0.15) is 0 Å². The number of nitrogens with one attached hydrogen (secondary N) is 2. The second-order valence-corrected chi connectivity index (χ2v) is 8.18. The van der Waals surface area contributed by atoms with Gasteiger partial charge in [0, 0.05) is 46.3 Å². The SMILES string of the molecule is CN=C(NCc1ccc(CN2CCN(C)CC2)cc1)NC1CC2CCC1O2. The summed E-state index contributed by atoms with van der Waals surface area (Å²) in [5.74, 6) is 0.873. The third kappa shape index (κ3) is 4.81. The minimum atomic E-state index is 0.363. The van der Waals surface area contributed by atoms with E-state index in [1.165, 1.54) is 37.1 Å². The van der Waals surface area contributed by atoms with Crippen molar-refractivity contribution in [2.45, 2.75) is 50.6 Å². The Morgan fingerprint density at radius 3 is 2.48 bits per heavy atom. The number of nitrogens with zero attached hydrogens (tertiary/aromatic N) is 3. The van der Waals surface area contributed by atoms with Gasteiger partial charge < -0.3 is 20.3 Å². The standard InChI is InChI=1S/C21H33N5O/c1-22-21(24-19-13-18-7-8-20(19)27-18)23-14-16-3-5-17(6-4-16)15-26-11-9-25(2)10-12-26/h3-6,18-20H,7-15H2,1-2H3,(H2,22,23,24). The monoisotopic (exact) mass is 371 g/mol. The average Bonchev–Trinajstić information content (AvgIpc) is 3.31. The normalized spacial score (nSPS) is 29.3. The number of hydrogen-bond acceptors (Lipinski definition) is 4. The zero-order valence-electron chi connectivity index (χ0n) is 16.7. The van der Waals surface area contributed by atoms with Crippen molar-refractivity contribution < 1.29 is 4.74 Å². The molecule has 0 spiro atoms. The van der Waals surface area contributed by atoms with E-state index in [2.05, 4.69) is 56.7 Å². The van der Waals surface area contributed by atoms with E-state index in [-0.39, 0.29) is 0 Å². The summed E-state index contributed by atoms with van der Waals surface area (Å²) in [6, 6.07) is 9.38. The van der Waals surface area contributed by atoms with E-state index in [4.69, 9.17) is 4.74 Å². The Kier molecular flexibility index (Phi) is 5.95. The molecule has 3 heterocycles. The largest absolute Gasteiger partial charge is 0.373 e. The lowest BCUT2D eigenvalue weighted by Gasteiger charge is -2.32. The van der Waals surface area contributed by atoms with Crippen LogP contribution in [0.25, 0.3) is 0 Å². The Hall–Kier alpha value is -1.63. The van der Waals surface area contributed by atoms with E-state index in [9.17, 15) is 0 Å². The summed E-state index contributed by atoms with van der Waals surface area (Å²) in [6.45, 7) is 6.50. The first-order chi connectivity index (χ1) is 13.2. The van der Waals surface area contributed by atoms with Crippen LogP contribution in [0.5, 0.6) is 0 Å². The van der Waals surface area contributed by atoms with Gasteiger partial charge in [-0.2, -0.15) is 0 Å². The molecule has 0 saturated carbocycles. The first kappa shape index (κ1) is 18.7. The lowest BCUT2D eigenvalue weighted by atomic mass is 9.96. The molecule has 3 atom stereocenters. The highest BCUT2D eigenvalue weighted by Crippen LogP contribution is 2.34. The molecule has 27 heavy (non-hydrogen) atoms.